The van der Waals surface area contributed by atoms with Gasteiger partial charge in [-0.05, 0) is 69.1 Å². The van der Waals surface area contributed by atoms with Crippen molar-refractivity contribution in [3.8, 4) is 34.3 Å². The number of rotatable bonds is 8. The quantitative estimate of drug-likeness (QED) is 0.161. The van der Waals surface area contributed by atoms with Gasteiger partial charge >= 0.3 is 0 Å². The van der Waals surface area contributed by atoms with E-state index in [0.717, 1.165) is 11.1 Å². The van der Waals surface area contributed by atoms with Crippen molar-refractivity contribution in [3.63, 3.8) is 0 Å². The van der Waals surface area contributed by atoms with Gasteiger partial charge in [-0.2, -0.15) is 0 Å². The molecule has 0 aliphatic carbocycles. The Balaban J connectivity index is 1.32. The van der Waals surface area contributed by atoms with Crippen molar-refractivity contribution in [1.29, 1.82) is 0 Å². The molecule has 0 radical (unpaired) electrons. The van der Waals surface area contributed by atoms with Crippen LogP contribution >= 0.6 is 0 Å². The molecule has 0 N–H and O–H groups in total. The van der Waals surface area contributed by atoms with Gasteiger partial charge in [-0.15, -0.1) is 0 Å². The number of hydrogen-bond acceptors (Lipinski definition) is 7. The van der Waals surface area contributed by atoms with Crippen molar-refractivity contribution in [1.82, 2.24) is 15.0 Å². The molecule has 6 aromatic rings. The maximum absolute atomic E-state index is 11.1. The lowest BCUT2D eigenvalue weighted by Gasteiger charge is -2.08. The fourth-order valence-corrected chi connectivity index (χ4v) is 4.52. The third kappa shape index (κ3) is 5.30. The molecule has 0 amide bonds. The van der Waals surface area contributed by atoms with Crippen LogP contribution in [0.5, 0.6) is 11.5 Å². The van der Waals surface area contributed by atoms with Crippen LogP contribution in [0.2, 0.25) is 0 Å². The topological polar surface area (TPSA) is 91.3 Å². The first kappa shape index (κ1) is 24.6. The Labute approximate surface area is 229 Å². The summed E-state index contributed by atoms with van der Waals surface area (Å²) in [5, 5.41) is 4.80. The molecule has 0 fully saturated rings. The van der Waals surface area contributed by atoms with Gasteiger partial charge in [0.1, 0.15) is 11.5 Å². The highest BCUT2D eigenvalue weighted by Crippen LogP contribution is 2.29. The molecular weight excluding hydrogens is 502 g/mol. The number of hydrogen-bond donors (Lipinski definition) is 0. The largest absolute Gasteiger partial charge is 0.429 e. The monoisotopic (exact) mass is 523 g/mol. The SMILES string of the molecule is O=COc1ccnc(-c2cc(OC=O)cc(-c3cc(/C=C/c4ccc5cc6ccccc6cc5c4)ccn3)n2)c1. The van der Waals surface area contributed by atoms with Crippen molar-refractivity contribution >= 4 is 46.6 Å². The van der Waals surface area contributed by atoms with E-state index in [4.69, 9.17) is 9.47 Å². The molecule has 0 saturated carbocycles. The average molecular weight is 524 g/mol. The Morgan fingerprint density at radius 2 is 1.07 bits per heavy atom. The fraction of sp³-hybridized carbons (Fsp3) is 0. The zero-order valence-electron chi connectivity index (χ0n) is 21.1. The summed E-state index contributed by atoms with van der Waals surface area (Å²) < 4.78 is 10.1. The molecule has 192 valence electrons. The molecule has 7 nitrogen and oxygen atoms in total. The van der Waals surface area contributed by atoms with E-state index in [1.165, 1.54) is 27.7 Å². The lowest BCUT2D eigenvalue weighted by atomic mass is 10.0. The lowest BCUT2D eigenvalue weighted by Crippen LogP contribution is -1.97. The highest BCUT2D eigenvalue weighted by Gasteiger charge is 2.11. The van der Waals surface area contributed by atoms with Gasteiger partial charge in [0, 0.05) is 30.6 Å². The Morgan fingerprint density at radius 3 is 1.80 bits per heavy atom. The molecule has 6 rings (SSSR count). The summed E-state index contributed by atoms with van der Waals surface area (Å²) in [6.07, 6.45) is 7.28. The summed E-state index contributed by atoms with van der Waals surface area (Å²) in [6, 6.07) is 29.3. The molecule has 0 unspecified atom stereocenters. The number of carbonyl (C=O) groups is 2. The van der Waals surface area contributed by atoms with Crippen LogP contribution in [-0.4, -0.2) is 27.9 Å². The maximum atomic E-state index is 11.1. The first-order valence-corrected chi connectivity index (χ1v) is 12.4. The fourth-order valence-electron chi connectivity index (χ4n) is 4.52. The molecule has 3 heterocycles. The van der Waals surface area contributed by atoms with E-state index in [-0.39, 0.29) is 5.75 Å². The second-order valence-electron chi connectivity index (χ2n) is 8.99. The minimum absolute atomic E-state index is 0.282. The number of pyridine rings is 3. The highest BCUT2D eigenvalue weighted by atomic mass is 16.5. The molecule has 0 spiro atoms. The van der Waals surface area contributed by atoms with Crippen LogP contribution in [0.15, 0.2) is 103 Å². The van der Waals surface area contributed by atoms with Gasteiger partial charge < -0.3 is 9.47 Å². The molecule has 40 heavy (non-hydrogen) atoms. The summed E-state index contributed by atoms with van der Waals surface area (Å²) in [4.78, 5) is 35.3. The summed E-state index contributed by atoms with van der Waals surface area (Å²) >= 11 is 0. The van der Waals surface area contributed by atoms with Gasteiger partial charge in [0.15, 0.2) is 0 Å². The second-order valence-corrected chi connectivity index (χ2v) is 8.99. The first-order valence-electron chi connectivity index (χ1n) is 12.4. The van der Waals surface area contributed by atoms with E-state index in [1.807, 2.05) is 24.3 Å². The molecule has 3 aromatic heterocycles. The normalized spacial score (nSPS) is 11.1. The predicted octanol–water partition coefficient (Wildman–Crippen LogP) is 6.75. The minimum atomic E-state index is 0.282. The van der Waals surface area contributed by atoms with E-state index in [0.29, 0.717) is 41.5 Å². The molecule has 7 heteroatoms. The van der Waals surface area contributed by atoms with E-state index in [2.05, 4.69) is 69.6 Å². The van der Waals surface area contributed by atoms with Crippen molar-refractivity contribution < 1.29 is 19.1 Å². The van der Waals surface area contributed by atoms with Crippen LogP contribution in [0.3, 0.4) is 0 Å². The average Bonchev–Trinajstić information content (AvgIpc) is 2.99. The number of ether oxygens (including phenoxy) is 2. The van der Waals surface area contributed by atoms with Gasteiger partial charge in [-0.1, -0.05) is 48.6 Å². The van der Waals surface area contributed by atoms with Crippen molar-refractivity contribution in [2.24, 2.45) is 0 Å². The highest BCUT2D eigenvalue weighted by molar-refractivity contribution is 5.99. The molecular formula is C33H21N3O4. The summed E-state index contributed by atoms with van der Waals surface area (Å²) in [5.41, 5.74) is 3.95. The third-order valence-corrected chi connectivity index (χ3v) is 6.40. The Hall–Kier alpha value is -5.69. The molecule has 0 aliphatic rings. The van der Waals surface area contributed by atoms with Crippen molar-refractivity contribution in [2.75, 3.05) is 0 Å². The van der Waals surface area contributed by atoms with Crippen LogP contribution in [0.1, 0.15) is 11.1 Å². The van der Waals surface area contributed by atoms with Crippen LogP contribution in [-0.2, 0) is 9.59 Å². The number of carbonyl (C=O) groups excluding carboxylic acids is 2. The maximum Gasteiger partial charge on any atom is 0.298 e. The second kappa shape index (κ2) is 11.0. The van der Waals surface area contributed by atoms with Crippen LogP contribution in [0, 0.1) is 0 Å². The standard InChI is InChI=1S/C33H21N3O4/c37-20-39-28-10-12-35-31(17-28)33-19-29(40-21-38)18-32(36-33)30-14-23(9-11-34-30)6-5-22-7-8-26-15-24-3-1-2-4-25(24)16-27(26)13-22/h1-21H/b6-5+. The minimum Gasteiger partial charge on any atom is -0.429 e. The number of nitrogens with zero attached hydrogens (tertiary/aromatic N) is 3. The molecule has 0 saturated heterocycles. The number of fused-ring (bicyclic) bond motifs is 2. The first-order chi connectivity index (χ1) is 19.7. The lowest BCUT2D eigenvalue weighted by molar-refractivity contribution is -0.121. The van der Waals surface area contributed by atoms with Gasteiger partial charge in [0.25, 0.3) is 12.9 Å². The smallest absolute Gasteiger partial charge is 0.298 e. The summed E-state index contributed by atoms with van der Waals surface area (Å²) in [5.74, 6) is 0.599. The Kier molecular flexibility index (Phi) is 6.75. The zero-order chi connectivity index (χ0) is 27.3. The molecule has 0 bridgehead atoms. The molecule has 3 aromatic carbocycles. The van der Waals surface area contributed by atoms with Crippen LogP contribution < -0.4 is 9.47 Å². The summed E-state index contributed by atoms with van der Waals surface area (Å²) in [6.45, 7) is 0.688. The van der Waals surface area contributed by atoms with Gasteiger partial charge in [0.05, 0.1) is 22.8 Å². The zero-order valence-corrected chi connectivity index (χ0v) is 21.1. The van der Waals surface area contributed by atoms with Crippen LogP contribution in [0.25, 0.3) is 56.5 Å². The van der Waals surface area contributed by atoms with E-state index in [9.17, 15) is 9.59 Å². The van der Waals surface area contributed by atoms with E-state index in [1.54, 1.807) is 30.5 Å². The van der Waals surface area contributed by atoms with Crippen molar-refractivity contribution in [2.45, 2.75) is 0 Å². The van der Waals surface area contributed by atoms with Crippen LogP contribution in [0.4, 0.5) is 0 Å². The van der Waals surface area contributed by atoms with E-state index < -0.39 is 0 Å². The van der Waals surface area contributed by atoms with Gasteiger partial charge in [0.2, 0.25) is 0 Å². The number of benzene rings is 3. The summed E-state index contributed by atoms with van der Waals surface area (Å²) in [7, 11) is 0. The molecule has 0 aliphatic heterocycles. The third-order valence-electron chi connectivity index (χ3n) is 6.40. The van der Waals surface area contributed by atoms with E-state index >= 15 is 0 Å². The predicted molar refractivity (Wildman–Crippen MR) is 154 cm³/mol. The molecule has 0 atom stereocenters. The number of aromatic nitrogens is 3. The van der Waals surface area contributed by atoms with Gasteiger partial charge in [-0.25, -0.2) is 4.98 Å². The van der Waals surface area contributed by atoms with Crippen molar-refractivity contribution in [3.05, 3.63) is 115 Å². The Morgan fingerprint density at radius 1 is 0.500 bits per heavy atom. The Bertz CT molecular complexity index is 1920. The van der Waals surface area contributed by atoms with Gasteiger partial charge in [-0.3, -0.25) is 19.6 Å².